The van der Waals surface area contributed by atoms with Crippen molar-refractivity contribution in [2.75, 3.05) is 30.8 Å². The molecule has 0 aromatic heterocycles. The third-order valence-electron chi connectivity index (χ3n) is 4.06. The van der Waals surface area contributed by atoms with E-state index in [4.69, 9.17) is 5.26 Å². The van der Waals surface area contributed by atoms with E-state index in [0.29, 0.717) is 0 Å². The lowest BCUT2D eigenvalue weighted by atomic mass is 10.1. The van der Waals surface area contributed by atoms with E-state index in [-0.39, 0.29) is 18.3 Å². The van der Waals surface area contributed by atoms with Crippen LogP contribution in [0.25, 0.3) is 6.08 Å². The number of likely N-dealkylation sites (N-methyl/N-ethyl adjacent to an activating group) is 1. The van der Waals surface area contributed by atoms with Gasteiger partial charge in [0.05, 0.1) is 11.8 Å². The van der Waals surface area contributed by atoms with Crippen molar-refractivity contribution in [1.82, 2.24) is 4.90 Å². The Morgan fingerprint density at radius 2 is 2.00 bits per heavy atom. The fourth-order valence-electron chi connectivity index (χ4n) is 2.50. The number of rotatable bonds is 8. The van der Waals surface area contributed by atoms with Gasteiger partial charge in [0.25, 0.3) is 10.1 Å². The van der Waals surface area contributed by atoms with Crippen LogP contribution in [0.4, 0.5) is 5.69 Å². The van der Waals surface area contributed by atoms with E-state index < -0.39 is 10.1 Å². The highest BCUT2D eigenvalue weighted by molar-refractivity contribution is 7.86. The van der Waals surface area contributed by atoms with E-state index in [1.54, 1.807) is 11.9 Å². The summed E-state index contributed by atoms with van der Waals surface area (Å²) < 4.78 is 25.8. The van der Waals surface area contributed by atoms with Gasteiger partial charge in [-0.05, 0) is 36.9 Å². The first-order valence-corrected chi connectivity index (χ1v) is 9.69. The van der Waals surface area contributed by atoms with Crippen LogP contribution in [-0.2, 0) is 14.5 Å². The summed E-state index contributed by atoms with van der Waals surface area (Å²) in [6.45, 7) is 3.29. The van der Waals surface area contributed by atoms with Crippen LogP contribution in [0.1, 0.15) is 12.5 Å². The summed E-state index contributed by atoms with van der Waals surface area (Å²) in [5, 5.41) is 8.29. The van der Waals surface area contributed by atoms with Gasteiger partial charge in [0.15, 0.2) is 0 Å². The Morgan fingerprint density at radius 3 is 2.64 bits per heavy atom. The SMILES string of the molecule is CCN1C=CC=CC1/C=C/c1ccc(N(C)CCS(=O)(=O)OO)cc1. The maximum absolute atomic E-state index is 11.2. The molecule has 0 fully saturated rings. The average Bonchev–Trinajstić information content (AvgIpc) is 2.65. The molecule has 2 rings (SSSR count). The fourth-order valence-corrected chi connectivity index (χ4v) is 3.08. The van der Waals surface area contributed by atoms with Crippen LogP contribution < -0.4 is 4.90 Å². The molecule has 0 spiro atoms. The number of anilines is 1. The molecule has 1 atom stereocenters. The van der Waals surface area contributed by atoms with Gasteiger partial charge in [0.2, 0.25) is 0 Å². The molecule has 1 unspecified atom stereocenters. The maximum Gasteiger partial charge on any atom is 0.295 e. The summed E-state index contributed by atoms with van der Waals surface area (Å²) in [6, 6.07) is 8.08. The molecule has 1 heterocycles. The lowest BCUT2D eigenvalue weighted by Crippen LogP contribution is -2.28. The molecule has 0 amide bonds. The predicted molar refractivity (Wildman–Crippen MR) is 101 cm³/mol. The third-order valence-corrected chi connectivity index (χ3v) is 4.96. The number of hydrogen-bond donors (Lipinski definition) is 1. The molecule has 7 heteroatoms. The predicted octanol–water partition coefficient (Wildman–Crippen LogP) is 2.73. The van der Waals surface area contributed by atoms with E-state index >= 15 is 0 Å². The maximum atomic E-state index is 11.2. The summed E-state index contributed by atoms with van der Waals surface area (Å²) in [6.07, 6.45) is 12.5. The fraction of sp³-hybridized carbons (Fsp3) is 0.333. The minimum atomic E-state index is -3.87. The van der Waals surface area contributed by atoms with Crippen molar-refractivity contribution in [1.29, 1.82) is 0 Å². The Balaban J connectivity index is 1.96. The Morgan fingerprint density at radius 1 is 1.28 bits per heavy atom. The normalized spacial score (nSPS) is 17.4. The Bertz CT molecular complexity index is 739. The minimum absolute atomic E-state index is 0.225. The van der Waals surface area contributed by atoms with Crippen LogP contribution in [0.3, 0.4) is 0 Å². The zero-order valence-corrected chi connectivity index (χ0v) is 15.3. The molecule has 1 aromatic carbocycles. The summed E-state index contributed by atoms with van der Waals surface area (Å²) in [5.41, 5.74) is 1.96. The van der Waals surface area contributed by atoms with E-state index in [2.05, 4.69) is 40.6 Å². The zero-order chi connectivity index (χ0) is 18.3. The monoisotopic (exact) mass is 364 g/mol. The van der Waals surface area contributed by atoms with Crippen LogP contribution in [0.2, 0.25) is 0 Å². The zero-order valence-electron chi connectivity index (χ0n) is 14.4. The summed E-state index contributed by atoms with van der Waals surface area (Å²) in [4.78, 5) is 4.03. The quantitative estimate of drug-likeness (QED) is 0.565. The van der Waals surface area contributed by atoms with Crippen molar-refractivity contribution >= 4 is 21.9 Å². The van der Waals surface area contributed by atoms with Crippen molar-refractivity contribution < 1.29 is 18.0 Å². The van der Waals surface area contributed by atoms with Crippen molar-refractivity contribution in [3.8, 4) is 0 Å². The van der Waals surface area contributed by atoms with Gasteiger partial charge in [-0.3, -0.25) is 0 Å². The van der Waals surface area contributed by atoms with Gasteiger partial charge in [-0.25, -0.2) is 5.26 Å². The number of hydrogen-bond acceptors (Lipinski definition) is 6. The van der Waals surface area contributed by atoms with Gasteiger partial charge in [-0.15, -0.1) is 4.33 Å². The third kappa shape index (κ3) is 5.74. The van der Waals surface area contributed by atoms with Crippen LogP contribution in [-0.4, -0.2) is 50.5 Å². The van der Waals surface area contributed by atoms with Crippen molar-refractivity contribution in [3.05, 3.63) is 60.3 Å². The van der Waals surface area contributed by atoms with Crippen molar-refractivity contribution in [3.63, 3.8) is 0 Å². The molecule has 0 radical (unpaired) electrons. The average molecular weight is 364 g/mol. The molecule has 1 aromatic rings. The Kier molecular flexibility index (Phi) is 6.81. The molecule has 0 aliphatic carbocycles. The Labute approximate surface area is 149 Å². The van der Waals surface area contributed by atoms with E-state index in [0.717, 1.165) is 17.8 Å². The number of allylic oxidation sites excluding steroid dienone is 2. The number of benzene rings is 1. The van der Waals surface area contributed by atoms with E-state index in [1.807, 2.05) is 36.4 Å². The topological polar surface area (TPSA) is 70.1 Å². The van der Waals surface area contributed by atoms with E-state index in [9.17, 15) is 8.42 Å². The highest BCUT2D eigenvalue weighted by atomic mass is 32.2. The molecule has 6 nitrogen and oxygen atoms in total. The van der Waals surface area contributed by atoms with E-state index in [1.165, 1.54) is 0 Å². The van der Waals surface area contributed by atoms with Crippen LogP contribution >= 0.6 is 0 Å². The largest absolute Gasteiger partial charge is 0.373 e. The van der Waals surface area contributed by atoms with Gasteiger partial charge in [-0.1, -0.05) is 36.4 Å². The molecular formula is C18H24N2O4S. The smallest absolute Gasteiger partial charge is 0.295 e. The van der Waals surface area contributed by atoms with Crippen molar-refractivity contribution in [2.24, 2.45) is 0 Å². The minimum Gasteiger partial charge on any atom is -0.373 e. The van der Waals surface area contributed by atoms with Gasteiger partial charge < -0.3 is 9.80 Å². The molecule has 136 valence electrons. The van der Waals surface area contributed by atoms with Gasteiger partial charge in [0, 0.05) is 25.8 Å². The first-order valence-electron chi connectivity index (χ1n) is 8.11. The molecule has 1 N–H and O–H groups in total. The molecule has 25 heavy (non-hydrogen) atoms. The second-order valence-corrected chi connectivity index (χ2v) is 7.43. The summed E-state index contributed by atoms with van der Waals surface area (Å²) >= 11 is 0. The number of nitrogens with zero attached hydrogens (tertiary/aromatic N) is 2. The van der Waals surface area contributed by atoms with Gasteiger partial charge in [-0.2, -0.15) is 8.42 Å². The summed E-state index contributed by atoms with van der Waals surface area (Å²) in [7, 11) is -2.09. The molecule has 0 saturated carbocycles. The Hall–Kier alpha value is -2.09. The highest BCUT2D eigenvalue weighted by Crippen LogP contribution is 2.16. The van der Waals surface area contributed by atoms with Crippen LogP contribution in [0.15, 0.2) is 54.8 Å². The first-order chi connectivity index (χ1) is 11.9. The molecular weight excluding hydrogens is 340 g/mol. The molecule has 0 saturated heterocycles. The molecule has 1 aliphatic heterocycles. The second-order valence-electron chi connectivity index (χ2n) is 5.76. The second kappa shape index (κ2) is 8.84. The van der Waals surface area contributed by atoms with Crippen molar-refractivity contribution in [2.45, 2.75) is 13.0 Å². The molecule has 1 aliphatic rings. The highest BCUT2D eigenvalue weighted by Gasteiger charge is 2.12. The van der Waals surface area contributed by atoms with Gasteiger partial charge in [0.1, 0.15) is 0 Å². The summed E-state index contributed by atoms with van der Waals surface area (Å²) in [5.74, 6) is -0.282. The standard InChI is InChI=1S/C18H24N2O4S/c1-3-20-13-5-4-6-18(20)12-9-16-7-10-17(11-8-16)19(2)14-15-25(22,23)24-21/h4-13,18,21H,3,14-15H2,1-2H3/b12-9+. The lowest BCUT2D eigenvalue weighted by Gasteiger charge is -2.26. The molecule has 0 bridgehead atoms. The van der Waals surface area contributed by atoms with Crippen LogP contribution in [0.5, 0.6) is 0 Å². The first kappa shape index (κ1) is 19.2. The lowest BCUT2D eigenvalue weighted by molar-refractivity contribution is -0.130. The van der Waals surface area contributed by atoms with Gasteiger partial charge >= 0.3 is 0 Å². The van der Waals surface area contributed by atoms with Crippen LogP contribution in [0, 0.1) is 0 Å².